The minimum absolute atomic E-state index is 0.118. The fraction of sp³-hybridized carbons (Fsp3) is 0.312. The Morgan fingerprint density at radius 2 is 1.62 bits per heavy atom. The molecular weight excluding hydrogens is 346 g/mol. The van der Waals surface area contributed by atoms with E-state index in [1.807, 2.05) is 5.32 Å². The maximum Gasteiger partial charge on any atom is 0.321 e. The van der Waals surface area contributed by atoms with Crippen LogP contribution in [0.2, 0.25) is 0 Å². The maximum atomic E-state index is 12.3. The van der Waals surface area contributed by atoms with E-state index in [1.54, 1.807) is 6.92 Å². The molecule has 0 unspecified atom stereocenters. The summed E-state index contributed by atoms with van der Waals surface area (Å²) in [7, 11) is 0. The number of amides is 4. The standard InChI is InChI=1S/C16H19N3O7/c1-4-17-16(24)19-13(22)8-18-15(23)11-6-5-7-12(25-9(2)20)14(11)26-10(3)21/h5-7H,4,8H2,1-3H3,(H,18,23)(H2,17,19,22,24). The molecule has 0 atom stereocenters. The van der Waals surface area contributed by atoms with Gasteiger partial charge in [-0.1, -0.05) is 6.07 Å². The van der Waals surface area contributed by atoms with Crippen molar-refractivity contribution >= 4 is 29.8 Å². The Labute approximate surface area is 149 Å². The van der Waals surface area contributed by atoms with Crippen LogP contribution in [0.5, 0.6) is 11.5 Å². The zero-order chi connectivity index (χ0) is 19.7. The fourth-order valence-electron chi connectivity index (χ4n) is 1.81. The van der Waals surface area contributed by atoms with Gasteiger partial charge in [0.25, 0.3) is 5.91 Å². The van der Waals surface area contributed by atoms with E-state index in [-0.39, 0.29) is 17.1 Å². The first-order chi connectivity index (χ1) is 12.2. The lowest BCUT2D eigenvalue weighted by Crippen LogP contribution is -2.44. The number of imide groups is 1. The third-order valence-electron chi connectivity index (χ3n) is 2.72. The van der Waals surface area contributed by atoms with Crippen molar-refractivity contribution < 1.29 is 33.4 Å². The Morgan fingerprint density at radius 3 is 2.19 bits per heavy atom. The van der Waals surface area contributed by atoms with Crippen molar-refractivity contribution in [2.75, 3.05) is 13.1 Å². The fourth-order valence-corrected chi connectivity index (χ4v) is 1.81. The molecule has 0 radical (unpaired) electrons. The van der Waals surface area contributed by atoms with Gasteiger partial charge in [0.05, 0.1) is 12.1 Å². The topological polar surface area (TPSA) is 140 Å². The number of carbonyl (C=O) groups excluding carboxylic acids is 5. The number of ether oxygens (including phenoxy) is 2. The van der Waals surface area contributed by atoms with Crippen LogP contribution in [-0.2, 0) is 14.4 Å². The minimum atomic E-state index is -0.763. The maximum absolute atomic E-state index is 12.3. The second kappa shape index (κ2) is 9.77. The van der Waals surface area contributed by atoms with Gasteiger partial charge >= 0.3 is 18.0 Å². The number of carbonyl (C=O) groups is 5. The van der Waals surface area contributed by atoms with Gasteiger partial charge in [-0.15, -0.1) is 0 Å². The third kappa shape index (κ3) is 6.59. The van der Waals surface area contributed by atoms with Gasteiger partial charge in [0.1, 0.15) is 0 Å². The normalized spacial score (nSPS) is 9.65. The van der Waals surface area contributed by atoms with Crippen molar-refractivity contribution in [2.45, 2.75) is 20.8 Å². The van der Waals surface area contributed by atoms with Crippen LogP contribution in [0.4, 0.5) is 4.79 Å². The summed E-state index contributed by atoms with van der Waals surface area (Å²) in [4.78, 5) is 57.5. The van der Waals surface area contributed by atoms with Gasteiger partial charge in [-0.2, -0.15) is 0 Å². The van der Waals surface area contributed by atoms with E-state index in [1.165, 1.54) is 18.2 Å². The molecule has 26 heavy (non-hydrogen) atoms. The largest absolute Gasteiger partial charge is 0.423 e. The number of hydrogen-bond acceptors (Lipinski definition) is 7. The second-order valence-corrected chi connectivity index (χ2v) is 4.91. The summed E-state index contributed by atoms with van der Waals surface area (Å²) in [5.74, 6) is -3.27. The highest BCUT2D eigenvalue weighted by Crippen LogP contribution is 2.31. The lowest BCUT2D eigenvalue weighted by atomic mass is 10.1. The molecule has 0 aromatic heterocycles. The Morgan fingerprint density at radius 1 is 0.962 bits per heavy atom. The number of hydrogen-bond donors (Lipinski definition) is 3. The van der Waals surface area contributed by atoms with E-state index in [4.69, 9.17) is 9.47 Å². The smallest absolute Gasteiger partial charge is 0.321 e. The summed E-state index contributed by atoms with van der Waals surface area (Å²) in [6.45, 7) is 3.79. The lowest BCUT2D eigenvalue weighted by molar-refractivity contribution is -0.134. The predicted octanol–water partition coefficient (Wildman–Crippen LogP) is 0.113. The van der Waals surface area contributed by atoms with Crippen molar-refractivity contribution in [1.29, 1.82) is 0 Å². The highest BCUT2D eigenvalue weighted by molar-refractivity contribution is 6.02. The number of rotatable bonds is 6. The third-order valence-corrected chi connectivity index (χ3v) is 2.72. The van der Waals surface area contributed by atoms with Crippen LogP contribution in [0, 0.1) is 0 Å². The Hall–Kier alpha value is -3.43. The molecule has 4 amide bonds. The molecular formula is C16H19N3O7. The molecule has 0 aliphatic heterocycles. The van der Waals surface area contributed by atoms with Gasteiger partial charge < -0.3 is 20.1 Å². The molecule has 0 saturated heterocycles. The van der Waals surface area contributed by atoms with Gasteiger partial charge in [0, 0.05) is 20.4 Å². The Bertz CT molecular complexity index is 731. The molecule has 140 valence electrons. The van der Waals surface area contributed by atoms with Crippen LogP contribution < -0.4 is 25.4 Å². The van der Waals surface area contributed by atoms with Crippen LogP contribution in [0.25, 0.3) is 0 Å². The first-order valence-corrected chi connectivity index (χ1v) is 7.60. The first kappa shape index (κ1) is 20.6. The monoisotopic (exact) mass is 365 g/mol. The Balaban J connectivity index is 2.90. The second-order valence-electron chi connectivity index (χ2n) is 4.91. The molecule has 1 rings (SSSR count). The minimum Gasteiger partial charge on any atom is -0.423 e. The first-order valence-electron chi connectivity index (χ1n) is 7.60. The highest BCUT2D eigenvalue weighted by atomic mass is 16.6. The number of urea groups is 1. The molecule has 1 aromatic carbocycles. The average molecular weight is 365 g/mol. The number of nitrogens with one attached hydrogen (secondary N) is 3. The predicted molar refractivity (Wildman–Crippen MR) is 88.6 cm³/mol. The van der Waals surface area contributed by atoms with Gasteiger partial charge in [0.15, 0.2) is 11.5 Å². The zero-order valence-electron chi connectivity index (χ0n) is 14.5. The molecule has 0 aliphatic carbocycles. The van der Waals surface area contributed by atoms with Crippen LogP contribution in [0.1, 0.15) is 31.1 Å². The van der Waals surface area contributed by atoms with Crippen LogP contribution in [-0.4, -0.2) is 42.9 Å². The zero-order valence-corrected chi connectivity index (χ0v) is 14.5. The summed E-state index contributed by atoms with van der Waals surface area (Å²) < 4.78 is 9.87. The van der Waals surface area contributed by atoms with E-state index in [0.29, 0.717) is 6.54 Å². The summed E-state index contributed by atoms with van der Waals surface area (Å²) >= 11 is 0. The molecule has 0 fully saturated rings. The van der Waals surface area contributed by atoms with Crippen LogP contribution >= 0.6 is 0 Å². The quantitative estimate of drug-likeness (QED) is 0.480. The van der Waals surface area contributed by atoms with Gasteiger partial charge in [-0.25, -0.2) is 4.79 Å². The molecule has 0 saturated carbocycles. The summed E-state index contributed by atoms with van der Waals surface area (Å²) in [5, 5.41) is 6.65. The molecule has 3 N–H and O–H groups in total. The number of benzene rings is 1. The van der Waals surface area contributed by atoms with Gasteiger partial charge in [-0.3, -0.25) is 24.5 Å². The van der Waals surface area contributed by atoms with E-state index in [2.05, 4.69) is 10.6 Å². The van der Waals surface area contributed by atoms with Crippen molar-refractivity contribution in [2.24, 2.45) is 0 Å². The van der Waals surface area contributed by atoms with Gasteiger partial charge in [0.2, 0.25) is 5.91 Å². The van der Waals surface area contributed by atoms with Crippen LogP contribution in [0.15, 0.2) is 18.2 Å². The molecule has 0 aliphatic rings. The number of para-hydroxylation sites is 1. The summed E-state index contributed by atoms with van der Waals surface area (Å²) in [6, 6.07) is 3.39. The van der Waals surface area contributed by atoms with Crippen LogP contribution in [0.3, 0.4) is 0 Å². The van der Waals surface area contributed by atoms with E-state index in [9.17, 15) is 24.0 Å². The van der Waals surface area contributed by atoms with E-state index in [0.717, 1.165) is 13.8 Å². The molecule has 10 heteroatoms. The van der Waals surface area contributed by atoms with Gasteiger partial charge in [-0.05, 0) is 19.1 Å². The lowest BCUT2D eigenvalue weighted by Gasteiger charge is -2.13. The van der Waals surface area contributed by atoms with Crippen molar-refractivity contribution in [3.05, 3.63) is 23.8 Å². The summed E-state index contributed by atoms with van der Waals surface area (Å²) in [6.07, 6.45) is 0. The van der Waals surface area contributed by atoms with E-state index >= 15 is 0 Å². The van der Waals surface area contributed by atoms with E-state index < -0.39 is 36.3 Å². The summed E-state index contributed by atoms with van der Waals surface area (Å²) in [5.41, 5.74) is -0.121. The molecule has 0 spiro atoms. The molecule has 0 heterocycles. The Kier molecular flexibility index (Phi) is 7.74. The molecule has 1 aromatic rings. The van der Waals surface area contributed by atoms with Crippen molar-refractivity contribution in [3.8, 4) is 11.5 Å². The number of esters is 2. The van der Waals surface area contributed by atoms with Crippen molar-refractivity contribution in [3.63, 3.8) is 0 Å². The molecule has 0 bridgehead atoms. The molecule has 10 nitrogen and oxygen atoms in total. The highest BCUT2D eigenvalue weighted by Gasteiger charge is 2.20. The average Bonchev–Trinajstić information content (AvgIpc) is 2.53. The van der Waals surface area contributed by atoms with Crippen molar-refractivity contribution in [1.82, 2.24) is 16.0 Å². The SMILES string of the molecule is CCNC(=O)NC(=O)CNC(=O)c1cccc(OC(C)=O)c1OC(C)=O.